The van der Waals surface area contributed by atoms with Gasteiger partial charge in [-0.05, 0) is 18.2 Å². The molecule has 8 heteroatoms. The van der Waals surface area contributed by atoms with Crippen LogP contribution in [0.4, 0.5) is 5.69 Å². The van der Waals surface area contributed by atoms with Gasteiger partial charge in [-0.15, -0.1) is 0 Å². The molecule has 0 aliphatic heterocycles. The van der Waals surface area contributed by atoms with Gasteiger partial charge >= 0.3 is 5.97 Å². The van der Waals surface area contributed by atoms with Crippen LogP contribution >= 0.6 is 0 Å². The largest absolute Gasteiger partial charge is 0.469 e. The summed E-state index contributed by atoms with van der Waals surface area (Å²) in [6, 6.07) is 4.87. The zero-order valence-corrected chi connectivity index (χ0v) is 11.6. The number of methoxy groups -OCH3 is 1. The third-order valence-electron chi connectivity index (χ3n) is 2.64. The van der Waals surface area contributed by atoms with E-state index in [9.17, 15) is 13.2 Å². The van der Waals surface area contributed by atoms with Crippen LogP contribution in [0.5, 0.6) is 0 Å². The zero-order chi connectivity index (χ0) is 14.8. The van der Waals surface area contributed by atoms with Crippen molar-refractivity contribution in [1.82, 2.24) is 4.98 Å². The monoisotopic (exact) mass is 298 g/mol. The number of fused-ring (bicyclic) bond motifs is 1. The summed E-state index contributed by atoms with van der Waals surface area (Å²) >= 11 is 0. The first-order valence-electron chi connectivity index (χ1n) is 5.82. The molecule has 0 saturated carbocycles. The second kappa shape index (κ2) is 5.49. The maximum Gasteiger partial charge on any atom is 0.306 e. The van der Waals surface area contributed by atoms with Gasteiger partial charge in [-0.1, -0.05) is 0 Å². The average molecular weight is 298 g/mol. The molecule has 0 unspecified atom stereocenters. The van der Waals surface area contributed by atoms with Crippen LogP contribution in [0.1, 0.15) is 12.3 Å². The molecule has 7 nitrogen and oxygen atoms in total. The smallest absolute Gasteiger partial charge is 0.306 e. The molecule has 1 aromatic heterocycles. The molecule has 0 aliphatic carbocycles. The molecule has 0 bridgehead atoms. The molecule has 1 heterocycles. The third-order valence-corrected chi connectivity index (χ3v) is 4.16. The Morgan fingerprint density at radius 1 is 1.45 bits per heavy atom. The number of nitrogens with two attached hydrogens (primary N) is 1. The van der Waals surface area contributed by atoms with Crippen LogP contribution in [-0.2, 0) is 25.1 Å². The van der Waals surface area contributed by atoms with Crippen LogP contribution in [-0.4, -0.2) is 32.2 Å². The van der Waals surface area contributed by atoms with E-state index in [2.05, 4.69) is 9.72 Å². The summed E-state index contributed by atoms with van der Waals surface area (Å²) in [6.07, 6.45) is -0.188. The zero-order valence-electron chi connectivity index (χ0n) is 10.8. The minimum atomic E-state index is -3.49. The van der Waals surface area contributed by atoms with Crippen molar-refractivity contribution in [3.8, 4) is 0 Å². The van der Waals surface area contributed by atoms with Gasteiger partial charge in [0.15, 0.2) is 15.4 Å². The summed E-state index contributed by atoms with van der Waals surface area (Å²) in [7, 11) is -2.28. The molecule has 0 fully saturated rings. The van der Waals surface area contributed by atoms with Crippen LogP contribution in [0, 0.1) is 0 Å². The van der Waals surface area contributed by atoms with Crippen LogP contribution in [0.3, 0.4) is 0 Å². The lowest BCUT2D eigenvalue weighted by molar-refractivity contribution is -0.140. The Bertz CT molecular complexity index is 735. The Morgan fingerprint density at radius 2 is 2.20 bits per heavy atom. The van der Waals surface area contributed by atoms with E-state index in [1.54, 1.807) is 18.2 Å². The highest BCUT2D eigenvalue weighted by molar-refractivity contribution is 7.90. The van der Waals surface area contributed by atoms with Crippen molar-refractivity contribution in [2.24, 2.45) is 0 Å². The van der Waals surface area contributed by atoms with Crippen molar-refractivity contribution in [2.75, 3.05) is 18.6 Å². The minimum absolute atomic E-state index is 0.0791. The van der Waals surface area contributed by atoms with Crippen molar-refractivity contribution in [3.63, 3.8) is 0 Å². The number of carbonyl (C=O) groups is 1. The fourth-order valence-electron chi connectivity index (χ4n) is 1.66. The van der Waals surface area contributed by atoms with Crippen LogP contribution in [0.2, 0.25) is 0 Å². The molecule has 1 aromatic carbocycles. The number of sulfone groups is 1. The van der Waals surface area contributed by atoms with E-state index < -0.39 is 15.8 Å². The second-order valence-corrected chi connectivity index (χ2v) is 6.44. The SMILES string of the molecule is COC(=O)CCS(=O)(=O)Cc1nc2cc(N)ccc2o1. The van der Waals surface area contributed by atoms with Crippen LogP contribution in [0.15, 0.2) is 22.6 Å². The van der Waals surface area contributed by atoms with Gasteiger partial charge in [-0.2, -0.15) is 0 Å². The number of benzene rings is 1. The van der Waals surface area contributed by atoms with E-state index in [4.69, 9.17) is 10.2 Å². The minimum Gasteiger partial charge on any atom is -0.469 e. The van der Waals surface area contributed by atoms with Gasteiger partial charge in [-0.3, -0.25) is 4.79 Å². The fourth-order valence-corrected chi connectivity index (χ4v) is 2.78. The number of aromatic nitrogens is 1. The Hall–Kier alpha value is -2.09. The summed E-state index contributed by atoms with van der Waals surface area (Å²) in [5, 5.41) is 0. The highest BCUT2D eigenvalue weighted by atomic mass is 32.2. The molecule has 0 aliphatic rings. The normalized spacial score (nSPS) is 11.7. The van der Waals surface area contributed by atoms with Crippen molar-refractivity contribution < 1.29 is 22.4 Å². The first kappa shape index (κ1) is 14.3. The second-order valence-electron chi connectivity index (χ2n) is 4.25. The summed E-state index contributed by atoms with van der Waals surface area (Å²) in [5.41, 5.74) is 7.10. The Balaban J connectivity index is 2.12. The molecule has 108 valence electrons. The third kappa shape index (κ3) is 3.47. The standard InChI is InChI=1S/C12H14N2O5S/c1-18-12(15)4-5-20(16,17)7-11-14-9-6-8(13)2-3-10(9)19-11/h2-3,6H,4-5,7,13H2,1H3. The van der Waals surface area contributed by atoms with Crippen molar-refractivity contribution in [3.05, 3.63) is 24.1 Å². The highest BCUT2D eigenvalue weighted by Crippen LogP contribution is 2.19. The highest BCUT2D eigenvalue weighted by Gasteiger charge is 2.18. The van der Waals surface area contributed by atoms with Crippen molar-refractivity contribution >= 4 is 32.6 Å². The molecule has 20 heavy (non-hydrogen) atoms. The van der Waals surface area contributed by atoms with E-state index in [0.29, 0.717) is 16.8 Å². The number of carbonyl (C=O) groups excluding carboxylic acids is 1. The summed E-state index contributed by atoms with van der Waals surface area (Å²) in [6.45, 7) is 0. The Kier molecular flexibility index (Phi) is 3.93. The molecular formula is C12H14N2O5S. The van der Waals surface area contributed by atoms with Gasteiger partial charge in [-0.25, -0.2) is 13.4 Å². The quantitative estimate of drug-likeness (QED) is 0.644. The molecule has 0 spiro atoms. The topological polar surface area (TPSA) is 112 Å². The first-order chi connectivity index (χ1) is 9.39. The van der Waals surface area contributed by atoms with Gasteiger partial charge in [0, 0.05) is 5.69 Å². The molecule has 0 amide bonds. The summed E-state index contributed by atoms with van der Waals surface area (Å²) in [5.74, 6) is -1.16. The van der Waals surface area contributed by atoms with Crippen molar-refractivity contribution in [1.29, 1.82) is 0 Å². The molecule has 0 saturated heterocycles. The number of oxazole rings is 1. The lowest BCUT2D eigenvalue weighted by atomic mass is 10.3. The van der Waals surface area contributed by atoms with E-state index in [1.165, 1.54) is 7.11 Å². The number of nitrogens with zero attached hydrogens (tertiary/aromatic N) is 1. The number of hydrogen-bond donors (Lipinski definition) is 1. The number of rotatable bonds is 5. The van der Waals surface area contributed by atoms with Crippen LogP contribution < -0.4 is 5.73 Å². The predicted octanol–water partition coefficient (Wildman–Crippen LogP) is 0.888. The van der Waals surface area contributed by atoms with E-state index in [1.807, 2.05) is 0 Å². The van der Waals surface area contributed by atoms with Crippen LogP contribution in [0.25, 0.3) is 11.1 Å². The van der Waals surface area contributed by atoms with E-state index >= 15 is 0 Å². The number of anilines is 1. The average Bonchev–Trinajstić information content (AvgIpc) is 2.76. The van der Waals surface area contributed by atoms with E-state index in [-0.39, 0.29) is 23.8 Å². The Morgan fingerprint density at radius 3 is 2.90 bits per heavy atom. The maximum absolute atomic E-state index is 11.8. The van der Waals surface area contributed by atoms with Gasteiger partial charge in [0.05, 0.1) is 19.3 Å². The van der Waals surface area contributed by atoms with Gasteiger partial charge < -0.3 is 14.9 Å². The molecule has 0 radical (unpaired) electrons. The molecule has 2 rings (SSSR count). The lowest BCUT2D eigenvalue weighted by Crippen LogP contribution is -2.14. The number of ether oxygens (including phenoxy) is 1. The Labute approximate surface area is 115 Å². The van der Waals surface area contributed by atoms with Gasteiger partial charge in [0.25, 0.3) is 0 Å². The van der Waals surface area contributed by atoms with E-state index in [0.717, 1.165) is 0 Å². The number of esters is 1. The van der Waals surface area contributed by atoms with Gasteiger partial charge in [0.1, 0.15) is 11.3 Å². The number of hydrogen-bond acceptors (Lipinski definition) is 7. The first-order valence-corrected chi connectivity index (χ1v) is 7.64. The summed E-state index contributed by atoms with van der Waals surface area (Å²) in [4.78, 5) is 15.0. The fraction of sp³-hybridized carbons (Fsp3) is 0.333. The maximum atomic E-state index is 11.8. The van der Waals surface area contributed by atoms with Crippen molar-refractivity contribution in [2.45, 2.75) is 12.2 Å². The molecule has 2 N–H and O–H groups in total. The predicted molar refractivity (Wildman–Crippen MR) is 72.5 cm³/mol. The lowest BCUT2D eigenvalue weighted by Gasteiger charge is -2.00. The molecular weight excluding hydrogens is 284 g/mol. The molecule has 2 aromatic rings. The van der Waals surface area contributed by atoms with Gasteiger partial charge in [0.2, 0.25) is 5.89 Å². The summed E-state index contributed by atoms with van der Waals surface area (Å²) < 4.78 is 33.4. The number of nitrogen functional groups attached to an aromatic ring is 1. The molecule has 0 atom stereocenters.